The number of nitrogens with zero attached hydrogens (tertiary/aromatic N) is 1. The Kier molecular flexibility index (Phi) is 3.51. The van der Waals surface area contributed by atoms with Crippen LogP contribution in [0.2, 0.25) is 0 Å². The van der Waals surface area contributed by atoms with E-state index in [1.807, 2.05) is 0 Å². The van der Waals surface area contributed by atoms with E-state index in [1.165, 1.54) is 0 Å². The van der Waals surface area contributed by atoms with Gasteiger partial charge in [-0.3, -0.25) is 9.59 Å². The number of carbonyl (C=O) groups is 2. The zero-order valence-corrected chi connectivity index (χ0v) is 5.13. The first-order valence-electron chi connectivity index (χ1n) is 2.42. The number of carbonyl (C=O) groups excluding carboxylic acids is 2. The maximum absolute atomic E-state index is 10.4. The molecule has 6 nitrogen and oxygen atoms in total. The zero-order chi connectivity index (χ0) is 7.98. The Morgan fingerprint density at radius 2 is 2.30 bits per heavy atom. The van der Waals surface area contributed by atoms with E-state index in [-0.39, 0.29) is 6.54 Å². The van der Waals surface area contributed by atoms with Crippen molar-refractivity contribution in [1.82, 2.24) is 5.32 Å². The first-order chi connectivity index (χ1) is 4.66. The molecule has 0 aliphatic carbocycles. The SMILES string of the molecule is N=[N+]=CC(=O)NCC(N)=O. The monoisotopic (exact) mass is 143 g/mol. The fraction of sp³-hybridized carbons (Fsp3) is 0.250. The van der Waals surface area contributed by atoms with Crippen molar-refractivity contribution in [2.24, 2.45) is 5.73 Å². The summed E-state index contributed by atoms with van der Waals surface area (Å²) >= 11 is 0. The highest BCUT2D eigenvalue weighted by Crippen LogP contribution is 1.56. The van der Waals surface area contributed by atoms with E-state index in [1.54, 1.807) is 0 Å². The molecule has 0 spiro atoms. The number of primary amides is 1. The Hall–Kier alpha value is -1.68. The first-order valence-corrected chi connectivity index (χ1v) is 2.42. The average molecular weight is 143 g/mol. The van der Waals surface area contributed by atoms with Crippen LogP contribution in [0.25, 0.3) is 0 Å². The molecule has 4 N–H and O–H groups in total. The summed E-state index contributed by atoms with van der Waals surface area (Å²) in [7, 11) is 0. The molecular formula is C4H7N4O2+. The Balaban J connectivity index is 3.60. The second kappa shape index (κ2) is 4.22. The lowest BCUT2D eigenvalue weighted by molar-refractivity contribution is -0.133. The lowest BCUT2D eigenvalue weighted by atomic mass is 10.5. The number of nitrogens with two attached hydrogens (primary N) is 1. The predicted octanol–water partition coefficient (Wildman–Crippen LogP) is -2.10. The van der Waals surface area contributed by atoms with Crippen LogP contribution in [-0.4, -0.2) is 29.4 Å². The van der Waals surface area contributed by atoms with E-state index in [2.05, 4.69) is 10.1 Å². The lowest BCUT2D eigenvalue weighted by Gasteiger charge is -1.90. The van der Waals surface area contributed by atoms with Crippen molar-refractivity contribution < 1.29 is 14.4 Å². The van der Waals surface area contributed by atoms with E-state index >= 15 is 0 Å². The molecule has 0 aliphatic rings. The molecule has 0 atom stereocenters. The van der Waals surface area contributed by atoms with Crippen molar-refractivity contribution in [3.63, 3.8) is 0 Å². The largest absolute Gasteiger partial charge is 0.394 e. The fourth-order valence-electron chi connectivity index (χ4n) is 0.279. The molecular weight excluding hydrogens is 136 g/mol. The highest BCUT2D eigenvalue weighted by molar-refractivity contribution is 6.24. The maximum Gasteiger partial charge on any atom is 0.394 e. The molecule has 54 valence electrons. The Morgan fingerprint density at radius 3 is 2.70 bits per heavy atom. The molecule has 0 fully saturated rings. The van der Waals surface area contributed by atoms with Crippen LogP contribution in [0.3, 0.4) is 0 Å². The Labute approximate surface area is 56.6 Å². The summed E-state index contributed by atoms with van der Waals surface area (Å²) in [6.45, 7) is -0.231. The van der Waals surface area contributed by atoms with E-state index in [9.17, 15) is 9.59 Å². The number of hydrogen-bond acceptors (Lipinski definition) is 3. The molecule has 0 rings (SSSR count). The number of rotatable bonds is 3. The van der Waals surface area contributed by atoms with E-state index < -0.39 is 11.8 Å². The van der Waals surface area contributed by atoms with Crippen LogP contribution in [0.1, 0.15) is 0 Å². The van der Waals surface area contributed by atoms with Gasteiger partial charge < -0.3 is 11.1 Å². The van der Waals surface area contributed by atoms with Gasteiger partial charge in [-0.05, 0) is 0 Å². The minimum Gasteiger partial charge on any atom is -0.368 e. The minimum absolute atomic E-state index is 0.231. The summed E-state index contributed by atoms with van der Waals surface area (Å²) in [5.41, 5.74) is 10.9. The molecule has 6 heteroatoms. The van der Waals surface area contributed by atoms with Gasteiger partial charge in [0.2, 0.25) is 5.91 Å². The first kappa shape index (κ1) is 8.32. The van der Waals surface area contributed by atoms with Crippen molar-refractivity contribution in [2.45, 2.75) is 0 Å². The predicted molar refractivity (Wildman–Crippen MR) is 31.2 cm³/mol. The standard InChI is InChI=1S/C4H6N4O2/c5-3(9)1-7-4(10)2-8-6/h2,6H,1H2,(H2-,5,7,9,10)/p+1. The van der Waals surface area contributed by atoms with Crippen LogP contribution < -0.4 is 11.1 Å². The second-order valence-electron chi connectivity index (χ2n) is 1.44. The fourth-order valence-corrected chi connectivity index (χ4v) is 0.279. The van der Waals surface area contributed by atoms with E-state index in [4.69, 9.17) is 11.3 Å². The topological polar surface area (TPSA) is 110 Å². The molecule has 0 bridgehead atoms. The molecule has 0 aromatic carbocycles. The minimum atomic E-state index is -0.633. The molecule has 0 radical (unpaired) electrons. The van der Waals surface area contributed by atoms with Crippen LogP contribution in [0, 0.1) is 5.53 Å². The third kappa shape index (κ3) is 4.48. The van der Waals surface area contributed by atoms with Crippen molar-refractivity contribution in [3.8, 4) is 0 Å². The van der Waals surface area contributed by atoms with Crippen LogP contribution in [-0.2, 0) is 9.59 Å². The molecule has 0 unspecified atom stereocenters. The molecule has 0 saturated carbocycles. The lowest BCUT2D eigenvalue weighted by Crippen LogP contribution is -2.33. The van der Waals surface area contributed by atoms with Crippen LogP contribution >= 0.6 is 0 Å². The molecule has 0 aromatic heterocycles. The number of amides is 2. The van der Waals surface area contributed by atoms with E-state index in [0.29, 0.717) is 0 Å². The van der Waals surface area contributed by atoms with Gasteiger partial charge in [0, 0.05) is 0 Å². The summed E-state index contributed by atoms with van der Waals surface area (Å²) in [5, 5.41) is 2.10. The van der Waals surface area contributed by atoms with Crippen molar-refractivity contribution in [3.05, 3.63) is 0 Å². The molecule has 0 saturated heterocycles. The smallest absolute Gasteiger partial charge is 0.368 e. The van der Waals surface area contributed by atoms with Crippen molar-refractivity contribution in [1.29, 1.82) is 5.53 Å². The van der Waals surface area contributed by atoms with Crippen LogP contribution in [0.4, 0.5) is 0 Å². The summed E-state index contributed by atoms with van der Waals surface area (Å²) in [6, 6.07) is 0. The summed E-state index contributed by atoms with van der Waals surface area (Å²) < 4.78 is 0. The summed E-state index contributed by atoms with van der Waals surface area (Å²) in [5.74, 6) is -1.24. The third-order valence-electron chi connectivity index (χ3n) is 0.619. The van der Waals surface area contributed by atoms with Gasteiger partial charge in [0.05, 0.1) is 16.9 Å². The van der Waals surface area contributed by atoms with Crippen LogP contribution in [0.5, 0.6) is 0 Å². The van der Waals surface area contributed by atoms with E-state index in [0.717, 1.165) is 6.21 Å². The van der Waals surface area contributed by atoms with Gasteiger partial charge in [-0.2, -0.15) is 0 Å². The Bertz CT molecular complexity index is 193. The third-order valence-corrected chi connectivity index (χ3v) is 0.619. The molecule has 0 heterocycles. The molecule has 10 heavy (non-hydrogen) atoms. The molecule has 2 amide bonds. The Morgan fingerprint density at radius 1 is 1.70 bits per heavy atom. The number of nitrogens with one attached hydrogen (secondary N) is 2. The highest BCUT2D eigenvalue weighted by Gasteiger charge is 2.02. The van der Waals surface area contributed by atoms with Gasteiger partial charge in [0.25, 0.3) is 0 Å². The van der Waals surface area contributed by atoms with Gasteiger partial charge in [-0.1, -0.05) is 0 Å². The van der Waals surface area contributed by atoms with Gasteiger partial charge in [0.15, 0.2) is 0 Å². The normalized spacial score (nSPS) is 7.60. The van der Waals surface area contributed by atoms with Crippen molar-refractivity contribution in [2.75, 3.05) is 6.54 Å². The van der Waals surface area contributed by atoms with Gasteiger partial charge in [-0.15, -0.1) is 0 Å². The maximum atomic E-state index is 10.4. The average Bonchev–Trinajstić information content (AvgIpc) is 1.85. The zero-order valence-electron chi connectivity index (χ0n) is 5.13. The number of hydrogen-bond donors (Lipinski definition) is 3. The second-order valence-corrected chi connectivity index (χ2v) is 1.44. The quantitative estimate of drug-likeness (QED) is 0.239. The van der Waals surface area contributed by atoms with Crippen LogP contribution in [0.15, 0.2) is 0 Å². The van der Waals surface area contributed by atoms with Gasteiger partial charge >= 0.3 is 12.1 Å². The van der Waals surface area contributed by atoms with Crippen molar-refractivity contribution >= 4 is 18.0 Å². The molecule has 0 aliphatic heterocycles. The summed E-state index contributed by atoms with van der Waals surface area (Å²) in [6.07, 6.45) is 0.739. The highest BCUT2D eigenvalue weighted by atomic mass is 16.2. The molecule has 0 aromatic rings. The van der Waals surface area contributed by atoms with Gasteiger partial charge in [-0.25, -0.2) is 0 Å². The van der Waals surface area contributed by atoms with Gasteiger partial charge in [0.1, 0.15) is 0 Å². The summed E-state index contributed by atoms with van der Waals surface area (Å²) in [4.78, 5) is 23.1.